The van der Waals surface area contributed by atoms with Gasteiger partial charge in [-0.1, -0.05) is 42.5 Å². The third-order valence-corrected chi connectivity index (χ3v) is 4.39. The van der Waals surface area contributed by atoms with E-state index in [0.717, 1.165) is 16.3 Å². The van der Waals surface area contributed by atoms with Crippen LogP contribution in [-0.2, 0) is 17.8 Å². The fraction of sp³-hybridized carbons (Fsp3) is 0.143. The molecule has 4 rings (SSSR count). The Bertz CT molecular complexity index is 1050. The Morgan fingerprint density at radius 1 is 0.926 bits per heavy atom. The van der Waals surface area contributed by atoms with Gasteiger partial charge in [-0.05, 0) is 22.4 Å². The van der Waals surface area contributed by atoms with Gasteiger partial charge in [0.05, 0.1) is 6.42 Å². The third-order valence-electron chi connectivity index (χ3n) is 4.39. The van der Waals surface area contributed by atoms with E-state index in [1.165, 1.54) is 0 Å². The molecule has 2 aromatic heterocycles. The van der Waals surface area contributed by atoms with Gasteiger partial charge in [0.25, 0.3) is 0 Å². The summed E-state index contributed by atoms with van der Waals surface area (Å²) in [5, 5.41) is 5.25. The predicted octanol–water partition coefficient (Wildman–Crippen LogP) is 2.85. The number of benzene rings is 2. The molecule has 0 radical (unpaired) electrons. The van der Waals surface area contributed by atoms with Gasteiger partial charge in [0.1, 0.15) is 0 Å². The molecule has 1 N–H and O–H groups in total. The van der Waals surface area contributed by atoms with Crippen LogP contribution in [0, 0.1) is 0 Å². The number of amides is 1. The summed E-state index contributed by atoms with van der Waals surface area (Å²) < 4.78 is 1.94. The highest BCUT2D eigenvalue weighted by molar-refractivity contribution is 5.90. The van der Waals surface area contributed by atoms with Crippen molar-refractivity contribution in [3.63, 3.8) is 0 Å². The van der Waals surface area contributed by atoms with Crippen molar-refractivity contribution >= 4 is 16.7 Å². The Labute approximate surface area is 156 Å². The molecule has 0 unspecified atom stereocenters. The minimum Gasteiger partial charge on any atom is -0.354 e. The number of fused-ring (bicyclic) bond motifs is 1. The fourth-order valence-electron chi connectivity index (χ4n) is 3.11. The zero-order valence-corrected chi connectivity index (χ0v) is 14.7. The minimum atomic E-state index is 0.00368. The maximum absolute atomic E-state index is 12.4. The van der Waals surface area contributed by atoms with Crippen LogP contribution in [0.25, 0.3) is 22.4 Å². The van der Waals surface area contributed by atoms with E-state index in [-0.39, 0.29) is 5.91 Å². The Hall–Kier alpha value is -3.54. The predicted molar refractivity (Wildman–Crippen MR) is 104 cm³/mol. The third kappa shape index (κ3) is 3.84. The van der Waals surface area contributed by atoms with Gasteiger partial charge >= 0.3 is 0 Å². The quantitative estimate of drug-likeness (QED) is 0.576. The van der Waals surface area contributed by atoms with Crippen LogP contribution in [-0.4, -0.2) is 32.0 Å². The topological polar surface area (TPSA) is 72.7 Å². The van der Waals surface area contributed by atoms with Gasteiger partial charge in [0.2, 0.25) is 5.91 Å². The average molecular weight is 357 g/mol. The molecular weight excluding hydrogens is 338 g/mol. The molecule has 134 valence electrons. The van der Waals surface area contributed by atoms with Crippen molar-refractivity contribution < 1.29 is 4.79 Å². The SMILES string of the molecule is O=C(Cc1cccc2ccccc12)NCCn1ccnc1-c1ncccn1. The monoisotopic (exact) mass is 357 g/mol. The van der Waals surface area contributed by atoms with Gasteiger partial charge in [-0.2, -0.15) is 0 Å². The Morgan fingerprint density at radius 2 is 1.74 bits per heavy atom. The second kappa shape index (κ2) is 7.78. The molecular formula is C21H19N5O. The molecule has 0 saturated heterocycles. The molecule has 0 aliphatic carbocycles. The van der Waals surface area contributed by atoms with E-state index in [0.29, 0.717) is 31.2 Å². The summed E-state index contributed by atoms with van der Waals surface area (Å²) in [5.74, 6) is 1.27. The van der Waals surface area contributed by atoms with Crippen LogP contribution < -0.4 is 5.32 Å². The van der Waals surface area contributed by atoms with Crippen LogP contribution in [0.15, 0.2) is 73.3 Å². The lowest BCUT2D eigenvalue weighted by atomic mass is 10.0. The number of hydrogen-bond acceptors (Lipinski definition) is 4. The van der Waals surface area contributed by atoms with Crippen LogP contribution in [0.1, 0.15) is 5.56 Å². The maximum atomic E-state index is 12.4. The zero-order valence-electron chi connectivity index (χ0n) is 14.7. The van der Waals surface area contributed by atoms with Crippen molar-refractivity contribution in [2.75, 3.05) is 6.54 Å². The van der Waals surface area contributed by atoms with E-state index in [1.807, 2.05) is 35.0 Å². The zero-order chi connectivity index (χ0) is 18.5. The van der Waals surface area contributed by atoms with E-state index in [2.05, 4.69) is 38.5 Å². The van der Waals surface area contributed by atoms with Crippen LogP contribution in [0.4, 0.5) is 0 Å². The van der Waals surface area contributed by atoms with Crippen LogP contribution in [0.5, 0.6) is 0 Å². The highest BCUT2D eigenvalue weighted by atomic mass is 16.1. The molecule has 0 aliphatic heterocycles. The molecule has 4 aromatic rings. The van der Waals surface area contributed by atoms with E-state index >= 15 is 0 Å². The Kier molecular flexibility index (Phi) is 4.87. The molecule has 2 heterocycles. The highest BCUT2D eigenvalue weighted by Crippen LogP contribution is 2.18. The van der Waals surface area contributed by atoms with E-state index in [4.69, 9.17) is 0 Å². The summed E-state index contributed by atoms with van der Waals surface area (Å²) >= 11 is 0. The fourth-order valence-corrected chi connectivity index (χ4v) is 3.11. The summed E-state index contributed by atoms with van der Waals surface area (Å²) in [6.45, 7) is 1.12. The van der Waals surface area contributed by atoms with Crippen molar-refractivity contribution in [2.45, 2.75) is 13.0 Å². The Balaban J connectivity index is 1.37. The molecule has 0 aliphatic rings. The first-order chi connectivity index (χ1) is 13.3. The van der Waals surface area contributed by atoms with E-state index in [9.17, 15) is 4.79 Å². The first-order valence-corrected chi connectivity index (χ1v) is 8.83. The number of rotatable bonds is 6. The molecule has 2 aromatic carbocycles. The lowest BCUT2D eigenvalue weighted by Gasteiger charge is -2.10. The summed E-state index contributed by atoms with van der Waals surface area (Å²) in [7, 11) is 0. The van der Waals surface area contributed by atoms with Gasteiger partial charge in [-0.3, -0.25) is 4.79 Å². The second-order valence-electron chi connectivity index (χ2n) is 6.18. The number of nitrogens with zero attached hydrogens (tertiary/aromatic N) is 4. The molecule has 0 saturated carbocycles. The molecule has 0 bridgehead atoms. The van der Waals surface area contributed by atoms with Crippen LogP contribution >= 0.6 is 0 Å². The number of imidazole rings is 1. The largest absolute Gasteiger partial charge is 0.354 e. The number of carbonyl (C=O) groups excluding carboxylic acids is 1. The average Bonchev–Trinajstić information content (AvgIpc) is 3.17. The molecule has 0 atom stereocenters. The van der Waals surface area contributed by atoms with Crippen LogP contribution in [0.2, 0.25) is 0 Å². The first kappa shape index (κ1) is 16.9. The van der Waals surface area contributed by atoms with Gasteiger partial charge < -0.3 is 9.88 Å². The summed E-state index contributed by atoms with van der Waals surface area (Å²) in [6.07, 6.45) is 7.31. The standard InChI is InChI=1S/C21H19N5O/c27-19(15-17-7-3-6-16-5-1-2-8-18(16)17)22-11-13-26-14-12-25-21(26)20-23-9-4-10-24-20/h1-10,12,14H,11,13,15H2,(H,22,27). The molecule has 0 spiro atoms. The van der Waals surface area contributed by atoms with Gasteiger partial charge in [-0.25, -0.2) is 15.0 Å². The lowest BCUT2D eigenvalue weighted by Crippen LogP contribution is -2.28. The van der Waals surface area contributed by atoms with E-state index < -0.39 is 0 Å². The van der Waals surface area contributed by atoms with Crippen molar-refractivity contribution in [1.29, 1.82) is 0 Å². The second-order valence-corrected chi connectivity index (χ2v) is 6.18. The van der Waals surface area contributed by atoms with Gasteiger partial charge in [0, 0.05) is 37.9 Å². The number of nitrogens with one attached hydrogen (secondary N) is 1. The van der Waals surface area contributed by atoms with Crippen molar-refractivity contribution in [2.24, 2.45) is 0 Å². The summed E-state index contributed by atoms with van der Waals surface area (Å²) in [5.41, 5.74) is 1.03. The van der Waals surface area contributed by atoms with Crippen LogP contribution in [0.3, 0.4) is 0 Å². The maximum Gasteiger partial charge on any atom is 0.224 e. The van der Waals surface area contributed by atoms with E-state index in [1.54, 1.807) is 24.7 Å². The number of aromatic nitrogens is 4. The minimum absolute atomic E-state index is 0.00368. The van der Waals surface area contributed by atoms with Crippen molar-refractivity contribution in [1.82, 2.24) is 24.8 Å². The molecule has 1 amide bonds. The first-order valence-electron chi connectivity index (χ1n) is 8.83. The van der Waals surface area contributed by atoms with Gasteiger partial charge in [0.15, 0.2) is 11.6 Å². The van der Waals surface area contributed by atoms with Crippen molar-refractivity contribution in [3.8, 4) is 11.6 Å². The molecule has 0 fully saturated rings. The normalized spacial score (nSPS) is 10.8. The highest BCUT2D eigenvalue weighted by Gasteiger charge is 2.09. The smallest absolute Gasteiger partial charge is 0.224 e. The Morgan fingerprint density at radius 3 is 2.63 bits per heavy atom. The summed E-state index contributed by atoms with van der Waals surface area (Å²) in [4.78, 5) is 25.1. The molecule has 27 heavy (non-hydrogen) atoms. The molecule has 6 heteroatoms. The number of hydrogen-bond donors (Lipinski definition) is 1. The number of carbonyl (C=O) groups is 1. The lowest BCUT2D eigenvalue weighted by molar-refractivity contribution is -0.120. The van der Waals surface area contributed by atoms with Crippen molar-refractivity contribution in [3.05, 3.63) is 78.9 Å². The molecule has 6 nitrogen and oxygen atoms in total. The summed E-state index contributed by atoms with van der Waals surface area (Å²) in [6, 6.07) is 15.9. The van der Waals surface area contributed by atoms with Gasteiger partial charge in [-0.15, -0.1) is 0 Å².